The molecule has 2 rings (SSSR count). The first-order chi connectivity index (χ1) is 7.63. The molecule has 6 heteroatoms. The molecule has 1 aromatic heterocycles. The van der Waals surface area contributed by atoms with E-state index in [1.165, 1.54) is 6.07 Å². The third kappa shape index (κ3) is 1.71. The van der Waals surface area contributed by atoms with Gasteiger partial charge in [0.25, 0.3) is 0 Å². The molecule has 82 valence electrons. The molecule has 4 nitrogen and oxygen atoms in total. The predicted octanol–water partition coefficient (Wildman–Crippen LogP) is 2.50. The molecule has 0 unspecified atom stereocenters. The van der Waals surface area contributed by atoms with Crippen LogP contribution in [-0.4, -0.2) is 11.4 Å². The van der Waals surface area contributed by atoms with Gasteiger partial charge >= 0.3 is 0 Å². The summed E-state index contributed by atoms with van der Waals surface area (Å²) in [5, 5.41) is 11.3. The number of fused-ring (bicyclic) bond motifs is 1. The van der Waals surface area contributed by atoms with E-state index in [0.717, 1.165) is 18.5 Å². The van der Waals surface area contributed by atoms with Crippen LogP contribution in [0.25, 0.3) is 11.0 Å². The number of hydrogen-bond donors (Lipinski definition) is 1. The van der Waals surface area contributed by atoms with Crippen molar-refractivity contribution in [3.63, 3.8) is 0 Å². The van der Waals surface area contributed by atoms with Crippen LogP contribution < -0.4 is 5.43 Å². The summed E-state index contributed by atoms with van der Waals surface area (Å²) in [6.07, 6.45) is 2.07. The molecule has 16 heavy (non-hydrogen) atoms. The molecule has 1 aromatic carbocycles. The Bertz CT molecular complexity index is 636. The van der Waals surface area contributed by atoms with E-state index in [-0.39, 0.29) is 26.4 Å². The summed E-state index contributed by atoms with van der Waals surface area (Å²) in [7, 11) is 0. The van der Waals surface area contributed by atoms with E-state index in [2.05, 4.69) is 21.1 Å². The van der Waals surface area contributed by atoms with Crippen LogP contribution in [0, 0.1) is 5.82 Å². The van der Waals surface area contributed by atoms with E-state index in [4.69, 9.17) is 9.62 Å². The minimum Gasteiger partial charge on any atom is -0.463 e. The number of benzene rings is 1. The summed E-state index contributed by atoms with van der Waals surface area (Å²) in [5.74, 6) is -0.515. The molecule has 2 aromatic rings. The second-order valence-electron chi connectivity index (χ2n) is 3.03. The Morgan fingerprint density at radius 1 is 1.50 bits per heavy atom. The van der Waals surface area contributed by atoms with Gasteiger partial charge in [0.2, 0.25) is 5.43 Å². The Labute approximate surface area is 97.1 Å². The standard InChI is InChI=1S/C10H5BrFNO3/c11-7-1-6-9(2-8(7)12)16-4-5(3-13-15)10(6)14/h1-4,15H/b13-3-. The van der Waals surface area contributed by atoms with Crippen molar-refractivity contribution in [2.45, 2.75) is 0 Å². The first-order valence-electron chi connectivity index (χ1n) is 4.21. The molecule has 0 radical (unpaired) electrons. The van der Waals surface area contributed by atoms with Crippen molar-refractivity contribution in [3.05, 3.63) is 44.5 Å². The van der Waals surface area contributed by atoms with Crippen molar-refractivity contribution in [2.75, 3.05) is 0 Å². The molecule has 0 aliphatic carbocycles. The first-order valence-corrected chi connectivity index (χ1v) is 5.01. The Hall–Kier alpha value is -1.69. The third-order valence-electron chi connectivity index (χ3n) is 2.04. The molecule has 0 aliphatic heterocycles. The van der Waals surface area contributed by atoms with Gasteiger partial charge in [-0.05, 0) is 22.0 Å². The smallest absolute Gasteiger partial charge is 0.201 e. The largest absolute Gasteiger partial charge is 0.463 e. The minimum absolute atomic E-state index is 0.0912. The van der Waals surface area contributed by atoms with Gasteiger partial charge in [0.1, 0.15) is 17.7 Å². The van der Waals surface area contributed by atoms with Gasteiger partial charge in [-0.1, -0.05) is 5.16 Å². The quantitative estimate of drug-likeness (QED) is 0.497. The lowest BCUT2D eigenvalue weighted by Gasteiger charge is -1.99. The molecule has 0 spiro atoms. The van der Waals surface area contributed by atoms with E-state index in [1.807, 2.05) is 0 Å². The molecule has 0 amide bonds. The molecule has 0 bridgehead atoms. The van der Waals surface area contributed by atoms with Gasteiger partial charge in [0, 0.05) is 6.07 Å². The normalized spacial score (nSPS) is 11.4. The fraction of sp³-hybridized carbons (Fsp3) is 0. The van der Waals surface area contributed by atoms with Crippen LogP contribution in [0.5, 0.6) is 0 Å². The number of halogens is 2. The fourth-order valence-electron chi connectivity index (χ4n) is 1.29. The summed E-state index contributed by atoms with van der Waals surface area (Å²) in [4.78, 5) is 11.8. The van der Waals surface area contributed by atoms with Crippen LogP contribution in [0.1, 0.15) is 5.56 Å². The van der Waals surface area contributed by atoms with Crippen molar-refractivity contribution in [2.24, 2.45) is 5.16 Å². The lowest BCUT2D eigenvalue weighted by atomic mass is 10.2. The maximum Gasteiger partial charge on any atom is 0.201 e. The van der Waals surface area contributed by atoms with Crippen LogP contribution in [0.4, 0.5) is 4.39 Å². The number of oxime groups is 1. The van der Waals surface area contributed by atoms with E-state index in [0.29, 0.717) is 0 Å². The van der Waals surface area contributed by atoms with Gasteiger partial charge < -0.3 is 9.62 Å². The summed E-state index contributed by atoms with van der Waals surface area (Å²) >= 11 is 2.98. The summed E-state index contributed by atoms with van der Waals surface area (Å²) < 4.78 is 18.4. The molecule has 0 fully saturated rings. The zero-order chi connectivity index (χ0) is 11.7. The Morgan fingerprint density at radius 2 is 2.25 bits per heavy atom. The van der Waals surface area contributed by atoms with Crippen molar-refractivity contribution < 1.29 is 14.0 Å². The van der Waals surface area contributed by atoms with Crippen molar-refractivity contribution >= 4 is 33.1 Å². The number of nitrogens with zero attached hydrogens (tertiary/aromatic N) is 1. The van der Waals surface area contributed by atoms with E-state index < -0.39 is 5.82 Å². The molecule has 0 atom stereocenters. The minimum atomic E-state index is -0.515. The molecular formula is C10H5BrFNO3. The average Bonchev–Trinajstić information content (AvgIpc) is 2.26. The lowest BCUT2D eigenvalue weighted by molar-refractivity contribution is 0.321. The number of hydrogen-bond acceptors (Lipinski definition) is 4. The zero-order valence-corrected chi connectivity index (χ0v) is 9.36. The summed E-state index contributed by atoms with van der Waals surface area (Å²) in [6.45, 7) is 0. The van der Waals surface area contributed by atoms with Gasteiger partial charge in [-0.3, -0.25) is 4.79 Å². The molecule has 0 aliphatic rings. The van der Waals surface area contributed by atoms with Gasteiger partial charge in [0.05, 0.1) is 21.6 Å². The highest BCUT2D eigenvalue weighted by Gasteiger charge is 2.09. The van der Waals surface area contributed by atoms with E-state index in [1.54, 1.807) is 0 Å². The lowest BCUT2D eigenvalue weighted by Crippen LogP contribution is -2.08. The van der Waals surface area contributed by atoms with Gasteiger partial charge in [0.15, 0.2) is 0 Å². The SMILES string of the molecule is O=c1c(/C=N\O)coc2cc(F)c(Br)cc12. The van der Waals surface area contributed by atoms with Gasteiger partial charge in [-0.25, -0.2) is 4.39 Å². The first kappa shape index (κ1) is 10.8. The van der Waals surface area contributed by atoms with Crippen molar-refractivity contribution in [1.82, 2.24) is 0 Å². The topological polar surface area (TPSA) is 62.8 Å². The van der Waals surface area contributed by atoms with Crippen molar-refractivity contribution in [3.8, 4) is 0 Å². The highest BCUT2D eigenvalue weighted by atomic mass is 79.9. The predicted molar refractivity (Wildman–Crippen MR) is 59.5 cm³/mol. The van der Waals surface area contributed by atoms with Gasteiger partial charge in [-0.2, -0.15) is 0 Å². The number of rotatable bonds is 1. The highest BCUT2D eigenvalue weighted by Crippen LogP contribution is 2.21. The van der Waals surface area contributed by atoms with Crippen LogP contribution in [0.2, 0.25) is 0 Å². The van der Waals surface area contributed by atoms with Crippen molar-refractivity contribution in [1.29, 1.82) is 0 Å². The zero-order valence-electron chi connectivity index (χ0n) is 7.78. The molecule has 0 saturated carbocycles. The maximum absolute atomic E-state index is 13.2. The summed E-state index contributed by atoms with van der Waals surface area (Å²) in [5.41, 5.74) is -0.158. The molecule has 0 saturated heterocycles. The third-order valence-corrected chi connectivity index (χ3v) is 2.65. The molecular weight excluding hydrogens is 281 g/mol. The molecule has 1 heterocycles. The highest BCUT2D eigenvalue weighted by molar-refractivity contribution is 9.10. The van der Waals surface area contributed by atoms with Crippen LogP contribution in [-0.2, 0) is 0 Å². The second kappa shape index (κ2) is 4.05. The van der Waals surface area contributed by atoms with E-state index in [9.17, 15) is 9.18 Å². The molecule has 1 N–H and O–H groups in total. The van der Waals surface area contributed by atoms with Crippen LogP contribution >= 0.6 is 15.9 Å². The van der Waals surface area contributed by atoms with Crippen LogP contribution in [0.3, 0.4) is 0 Å². The maximum atomic E-state index is 13.2. The van der Waals surface area contributed by atoms with E-state index >= 15 is 0 Å². The Morgan fingerprint density at radius 3 is 2.94 bits per heavy atom. The van der Waals surface area contributed by atoms with Gasteiger partial charge in [-0.15, -0.1) is 0 Å². The second-order valence-corrected chi connectivity index (χ2v) is 3.88. The van der Waals surface area contributed by atoms with Crippen LogP contribution in [0.15, 0.2) is 37.2 Å². The fourth-order valence-corrected chi connectivity index (χ4v) is 1.63. The summed E-state index contributed by atoms with van der Waals surface area (Å²) in [6, 6.07) is 2.44. The Kier molecular flexibility index (Phi) is 2.74. The average molecular weight is 286 g/mol. The Balaban J connectivity index is 2.84. The monoisotopic (exact) mass is 285 g/mol.